The van der Waals surface area contributed by atoms with Gasteiger partial charge in [0, 0.05) is 10.6 Å². The highest BCUT2D eigenvalue weighted by Gasteiger charge is 2.10. The Bertz CT molecular complexity index is 715. The van der Waals surface area contributed by atoms with Crippen LogP contribution >= 0.6 is 23.2 Å². The fourth-order valence-electron chi connectivity index (χ4n) is 1.70. The largest absolute Gasteiger partial charge is 0.507 e. The fraction of sp³-hybridized carbons (Fsp3) is 0.0667. The molecule has 6 heteroatoms. The van der Waals surface area contributed by atoms with Gasteiger partial charge in [-0.15, -0.1) is 0 Å². The van der Waals surface area contributed by atoms with Crippen molar-refractivity contribution in [3.8, 4) is 5.75 Å². The molecular formula is C15H12Cl2N2O2. The normalized spacial score (nSPS) is 11.3. The first kappa shape index (κ1) is 15.4. The van der Waals surface area contributed by atoms with Crippen molar-refractivity contribution in [2.24, 2.45) is 5.10 Å². The van der Waals surface area contributed by atoms with Crippen LogP contribution in [0.2, 0.25) is 10.0 Å². The number of hydrogen-bond acceptors (Lipinski definition) is 3. The van der Waals surface area contributed by atoms with Crippen molar-refractivity contribution in [1.29, 1.82) is 0 Å². The SMILES string of the molecule is C/C(=N\NC(=O)c1ccccc1O)c1ccc(Cl)cc1Cl. The van der Waals surface area contributed by atoms with E-state index in [0.717, 1.165) is 0 Å². The zero-order valence-electron chi connectivity index (χ0n) is 11.1. The van der Waals surface area contributed by atoms with Crippen LogP contribution in [0, 0.1) is 0 Å². The number of nitrogens with zero attached hydrogens (tertiary/aromatic N) is 1. The first-order valence-corrected chi connectivity index (χ1v) is 6.82. The molecule has 0 radical (unpaired) electrons. The van der Waals surface area contributed by atoms with E-state index in [-0.39, 0.29) is 11.3 Å². The van der Waals surface area contributed by atoms with Crippen LogP contribution in [-0.2, 0) is 0 Å². The summed E-state index contributed by atoms with van der Waals surface area (Å²) >= 11 is 11.9. The average molecular weight is 323 g/mol. The Morgan fingerprint density at radius 2 is 1.86 bits per heavy atom. The van der Waals surface area contributed by atoms with Crippen LogP contribution < -0.4 is 5.43 Å². The summed E-state index contributed by atoms with van der Waals surface area (Å²) in [5.41, 5.74) is 3.72. The van der Waals surface area contributed by atoms with Crippen molar-refractivity contribution in [1.82, 2.24) is 5.43 Å². The fourth-order valence-corrected chi connectivity index (χ4v) is 2.25. The third kappa shape index (κ3) is 3.74. The van der Waals surface area contributed by atoms with Crippen molar-refractivity contribution in [3.63, 3.8) is 0 Å². The molecule has 0 atom stereocenters. The third-order valence-electron chi connectivity index (χ3n) is 2.79. The zero-order chi connectivity index (χ0) is 15.4. The van der Waals surface area contributed by atoms with Gasteiger partial charge in [0.1, 0.15) is 5.75 Å². The second-order valence-electron chi connectivity index (χ2n) is 4.28. The minimum absolute atomic E-state index is 0.104. The molecule has 0 spiro atoms. The van der Waals surface area contributed by atoms with Gasteiger partial charge in [-0.25, -0.2) is 5.43 Å². The molecule has 0 saturated heterocycles. The second-order valence-corrected chi connectivity index (χ2v) is 5.12. The Labute approximate surface area is 132 Å². The van der Waals surface area contributed by atoms with Crippen LogP contribution in [0.3, 0.4) is 0 Å². The lowest BCUT2D eigenvalue weighted by molar-refractivity contribution is 0.0952. The van der Waals surface area contributed by atoms with Gasteiger partial charge in [-0.3, -0.25) is 4.79 Å². The Morgan fingerprint density at radius 3 is 2.52 bits per heavy atom. The minimum Gasteiger partial charge on any atom is -0.507 e. The second kappa shape index (κ2) is 6.61. The van der Waals surface area contributed by atoms with E-state index in [9.17, 15) is 9.90 Å². The number of nitrogens with one attached hydrogen (secondary N) is 1. The van der Waals surface area contributed by atoms with Gasteiger partial charge in [-0.1, -0.05) is 41.4 Å². The van der Waals surface area contributed by atoms with E-state index in [1.54, 1.807) is 37.3 Å². The maximum absolute atomic E-state index is 11.9. The molecule has 2 N–H and O–H groups in total. The van der Waals surface area contributed by atoms with E-state index in [1.807, 2.05) is 0 Å². The number of carbonyl (C=O) groups is 1. The summed E-state index contributed by atoms with van der Waals surface area (Å²) in [6.07, 6.45) is 0. The smallest absolute Gasteiger partial charge is 0.275 e. The van der Waals surface area contributed by atoms with Gasteiger partial charge in [0.25, 0.3) is 5.91 Å². The van der Waals surface area contributed by atoms with Gasteiger partial charge in [-0.2, -0.15) is 5.10 Å². The van der Waals surface area contributed by atoms with Crippen LogP contribution in [0.1, 0.15) is 22.8 Å². The molecule has 0 aliphatic carbocycles. The first-order valence-electron chi connectivity index (χ1n) is 6.07. The number of hydrazone groups is 1. The van der Waals surface area contributed by atoms with Gasteiger partial charge in [0.2, 0.25) is 0 Å². The molecule has 0 aliphatic heterocycles. The molecular weight excluding hydrogens is 311 g/mol. The van der Waals surface area contributed by atoms with E-state index in [0.29, 0.717) is 21.3 Å². The number of carbonyl (C=O) groups excluding carboxylic acids is 1. The monoisotopic (exact) mass is 322 g/mol. The lowest BCUT2D eigenvalue weighted by Gasteiger charge is -2.06. The molecule has 0 aromatic heterocycles. The molecule has 0 heterocycles. The topological polar surface area (TPSA) is 61.7 Å². The molecule has 2 rings (SSSR count). The van der Waals surface area contributed by atoms with Gasteiger partial charge in [0.15, 0.2) is 0 Å². The first-order chi connectivity index (χ1) is 9.99. The minimum atomic E-state index is -0.502. The number of benzene rings is 2. The molecule has 0 fully saturated rings. The van der Waals surface area contributed by atoms with Crippen LogP contribution in [0.4, 0.5) is 0 Å². The molecule has 0 unspecified atom stereocenters. The highest BCUT2D eigenvalue weighted by Crippen LogP contribution is 2.21. The Morgan fingerprint density at radius 1 is 1.14 bits per heavy atom. The number of rotatable bonds is 3. The summed E-state index contributed by atoms with van der Waals surface area (Å²) in [4.78, 5) is 11.9. The van der Waals surface area contributed by atoms with Gasteiger partial charge < -0.3 is 5.11 Å². The van der Waals surface area contributed by atoms with Gasteiger partial charge >= 0.3 is 0 Å². The number of para-hydroxylation sites is 1. The number of amides is 1. The molecule has 0 saturated carbocycles. The predicted molar refractivity (Wildman–Crippen MR) is 84.2 cm³/mol. The third-order valence-corrected chi connectivity index (χ3v) is 3.34. The molecule has 108 valence electrons. The maximum atomic E-state index is 11.9. The summed E-state index contributed by atoms with van der Waals surface area (Å²) in [5, 5.41) is 14.5. The number of phenols is 1. The summed E-state index contributed by atoms with van der Waals surface area (Å²) in [6, 6.07) is 11.2. The summed E-state index contributed by atoms with van der Waals surface area (Å²) < 4.78 is 0. The lowest BCUT2D eigenvalue weighted by atomic mass is 10.1. The average Bonchev–Trinajstić information content (AvgIpc) is 2.45. The van der Waals surface area contributed by atoms with Crippen LogP contribution in [0.25, 0.3) is 0 Å². The van der Waals surface area contributed by atoms with Crippen LogP contribution in [0.15, 0.2) is 47.6 Å². The summed E-state index contributed by atoms with van der Waals surface area (Å²) in [6.45, 7) is 1.71. The van der Waals surface area contributed by atoms with Crippen molar-refractivity contribution >= 4 is 34.8 Å². The van der Waals surface area contributed by atoms with E-state index in [4.69, 9.17) is 23.2 Å². The van der Waals surface area contributed by atoms with Crippen molar-refractivity contribution < 1.29 is 9.90 Å². The van der Waals surface area contributed by atoms with Gasteiger partial charge in [-0.05, 0) is 31.2 Å². The number of hydrogen-bond donors (Lipinski definition) is 2. The molecule has 2 aromatic rings. The Hall–Kier alpha value is -2.04. The molecule has 0 bridgehead atoms. The number of halogens is 2. The standard InChI is InChI=1S/C15H12Cl2N2O2/c1-9(11-7-6-10(16)8-13(11)17)18-19-15(21)12-4-2-3-5-14(12)20/h2-8,20H,1H3,(H,19,21)/b18-9+. The number of phenolic OH excluding ortho intramolecular Hbond substituents is 1. The number of aromatic hydroxyl groups is 1. The van der Waals surface area contributed by atoms with Gasteiger partial charge in [0.05, 0.1) is 16.3 Å². The molecule has 2 aromatic carbocycles. The highest BCUT2D eigenvalue weighted by atomic mass is 35.5. The Kier molecular flexibility index (Phi) is 4.83. The molecule has 1 amide bonds. The van der Waals surface area contributed by atoms with Crippen LogP contribution in [-0.4, -0.2) is 16.7 Å². The highest BCUT2D eigenvalue weighted by molar-refractivity contribution is 6.37. The zero-order valence-corrected chi connectivity index (χ0v) is 12.6. The van der Waals surface area contributed by atoms with E-state index < -0.39 is 5.91 Å². The summed E-state index contributed by atoms with van der Waals surface area (Å²) in [5.74, 6) is -0.607. The molecule has 4 nitrogen and oxygen atoms in total. The maximum Gasteiger partial charge on any atom is 0.275 e. The Balaban J connectivity index is 2.17. The lowest BCUT2D eigenvalue weighted by Crippen LogP contribution is -2.19. The van der Waals surface area contributed by atoms with Crippen molar-refractivity contribution in [3.05, 3.63) is 63.6 Å². The van der Waals surface area contributed by atoms with Crippen molar-refractivity contribution in [2.75, 3.05) is 0 Å². The molecule has 0 aliphatic rings. The quantitative estimate of drug-likeness (QED) is 0.666. The van der Waals surface area contributed by atoms with E-state index >= 15 is 0 Å². The summed E-state index contributed by atoms with van der Waals surface area (Å²) in [7, 11) is 0. The van der Waals surface area contributed by atoms with Crippen LogP contribution in [0.5, 0.6) is 5.75 Å². The van der Waals surface area contributed by atoms with E-state index in [2.05, 4.69) is 10.5 Å². The molecule has 21 heavy (non-hydrogen) atoms. The predicted octanol–water partition coefficient (Wildman–Crippen LogP) is 3.85. The van der Waals surface area contributed by atoms with Crippen molar-refractivity contribution in [2.45, 2.75) is 6.92 Å². The van der Waals surface area contributed by atoms with E-state index in [1.165, 1.54) is 12.1 Å².